The van der Waals surface area contributed by atoms with E-state index in [4.69, 9.17) is 15.9 Å². The number of carbonyl (C=O) groups is 1. The van der Waals surface area contributed by atoms with Crippen LogP contribution in [0.2, 0.25) is 0 Å². The number of hydrogen-bond acceptors (Lipinski definition) is 5. The topological polar surface area (TPSA) is 106 Å². The highest BCUT2D eigenvalue weighted by Gasteiger charge is 2.35. The minimum Gasteiger partial charge on any atom is -0.508 e. The van der Waals surface area contributed by atoms with Gasteiger partial charge in [0.05, 0.1) is 13.2 Å². The molecule has 2 saturated heterocycles. The van der Waals surface area contributed by atoms with E-state index in [9.17, 15) is 9.90 Å². The first-order valence-corrected chi connectivity index (χ1v) is 14.1. The summed E-state index contributed by atoms with van der Waals surface area (Å²) in [5, 5.41) is 17.4. The number of anilines is 1. The van der Waals surface area contributed by atoms with Crippen LogP contribution in [-0.2, 0) is 17.9 Å². The number of amides is 2. The number of ether oxygens (including phenoxy) is 1. The number of benzene rings is 3. The van der Waals surface area contributed by atoms with Gasteiger partial charge in [-0.05, 0) is 67.2 Å². The average molecular weight is 542 g/mol. The van der Waals surface area contributed by atoms with Crippen molar-refractivity contribution in [1.29, 1.82) is 5.41 Å². The normalized spacial score (nSPS) is 18.7. The minimum absolute atomic E-state index is 0.00605. The van der Waals surface area contributed by atoms with Gasteiger partial charge in [-0.25, -0.2) is 4.79 Å². The summed E-state index contributed by atoms with van der Waals surface area (Å²) < 4.78 is 6.12. The largest absolute Gasteiger partial charge is 0.508 e. The molecule has 2 aliphatic heterocycles. The number of amidine groups is 1. The van der Waals surface area contributed by atoms with Crippen molar-refractivity contribution in [2.75, 3.05) is 44.2 Å². The molecule has 0 radical (unpaired) electrons. The van der Waals surface area contributed by atoms with Crippen LogP contribution in [0, 0.1) is 17.2 Å². The average Bonchev–Trinajstić information content (AvgIpc) is 2.97. The fraction of sp³-hybridized carbons (Fsp3) is 0.375. The van der Waals surface area contributed by atoms with Crippen LogP contribution in [0.25, 0.3) is 0 Å². The van der Waals surface area contributed by atoms with Gasteiger partial charge in [0.25, 0.3) is 0 Å². The van der Waals surface area contributed by atoms with Gasteiger partial charge in [0.2, 0.25) is 0 Å². The Kier molecular flexibility index (Phi) is 8.98. The molecule has 210 valence electrons. The summed E-state index contributed by atoms with van der Waals surface area (Å²) in [6.45, 7) is 5.92. The summed E-state index contributed by atoms with van der Waals surface area (Å²) >= 11 is 0. The van der Waals surface area contributed by atoms with E-state index in [1.54, 1.807) is 18.2 Å². The lowest BCUT2D eigenvalue weighted by Gasteiger charge is -2.42. The van der Waals surface area contributed by atoms with Crippen molar-refractivity contribution >= 4 is 17.6 Å². The molecule has 3 aromatic rings. The first-order valence-electron chi connectivity index (χ1n) is 14.1. The molecule has 40 heavy (non-hydrogen) atoms. The molecule has 3 aromatic carbocycles. The van der Waals surface area contributed by atoms with Crippen LogP contribution in [0.1, 0.15) is 29.5 Å². The maximum Gasteiger partial charge on any atom is 0.324 e. The Morgan fingerprint density at radius 2 is 1.68 bits per heavy atom. The summed E-state index contributed by atoms with van der Waals surface area (Å²) in [5.74, 6) is 0.885. The number of nitrogens with one attached hydrogen (secondary N) is 1. The molecule has 5 rings (SSSR count). The molecular weight excluding hydrogens is 502 g/mol. The SMILES string of the molecule is N=C(N)c1cccc(N2CC(COCc3ccccc3)CN(CC3CCN(Cc4ccc(O)cc4)CC3)C2=O)c1. The Bertz CT molecular complexity index is 1280. The number of aromatic hydroxyl groups is 1. The van der Waals surface area contributed by atoms with Gasteiger partial charge >= 0.3 is 6.03 Å². The molecule has 1 unspecified atom stereocenters. The van der Waals surface area contributed by atoms with E-state index in [0.29, 0.717) is 43.5 Å². The number of hydrogen-bond donors (Lipinski definition) is 3. The zero-order valence-corrected chi connectivity index (χ0v) is 22.9. The maximum absolute atomic E-state index is 13.7. The van der Waals surface area contributed by atoms with Gasteiger partial charge in [0, 0.05) is 43.3 Å². The lowest BCUT2D eigenvalue weighted by molar-refractivity contribution is 0.0643. The molecule has 8 heteroatoms. The molecule has 2 heterocycles. The Labute approximate surface area is 236 Å². The Morgan fingerprint density at radius 3 is 2.40 bits per heavy atom. The van der Waals surface area contributed by atoms with Crippen molar-refractivity contribution in [2.45, 2.75) is 26.0 Å². The second kappa shape index (κ2) is 13.0. The molecule has 2 aliphatic rings. The minimum atomic E-state index is -0.00928. The van der Waals surface area contributed by atoms with E-state index in [2.05, 4.69) is 17.0 Å². The zero-order chi connectivity index (χ0) is 27.9. The fourth-order valence-electron chi connectivity index (χ4n) is 5.69. The first-order chi connectivity index (χ1) is 19.4. The van der Waals surface area contributed by atoms with Crippen LogP contribution >= 0.6 is 0 Å². The molecule has 0 aliphatic carbocycles. The van der Waals surface area contributed by atoms with Gasteiger partial charge in [0.1, 0.15) is 11.6 Å². The van der Waals surface area contributed by atoms with Crippen molar-refractivity contribution in [2.24, 2.45) is 17.6 Å². The number of nitrogen functional groups attached to an aromatic ring is 1. The number of rotatable bonds is 10. The predicted molar refractivity (Wildman–Crippen MR) is 157 cm³/mol. The third kappa shape index (κ3) is 7.20. The molecule has 4 N–H and O–H groups in total. The van der Waals surface area contributed by atoms with Crippen LogP contribution in [0.3, 0.4) is 0 Å². The van der Waals surface area contributed by atoms with Gasteiger partial charge in [-0.1, -0.05) is 54.6 Å². The number of likely N-dealkylation sites (tertiary alicyclic amines) is 1. The molecule has 0 bridgehead atoms. The predicted octanol–water partition coefficient (Wildman–Crippen LogP) is 4.66. The Balaban J connectivity index is 1.23. The van der Waals surface area contributed by atoms with Gasteiger partial charge in [-0.3, -0.25) is 15.2 Å². The molecule has 0 saturated carbocycles. The van der Waals surface area contributed by atoms with E-state index in [0.717, 1.165) is 50.3 Å². The van der Waals surface area contributed by atoms with Gasteiger partial charge in [0.15, 0.2) is 0 Å². The number of urea groups is 1. The van der Waals surface area contributed by atoms with Crippen LogP contribution < -0.4 is 10.6 Å². The fourth-order valence-corrected chi connectivity index (χ4v) is 5.69. The molecule has 2 fully saturated rings. The van der Waals surface area contributed by atoms with Gasteiger partial charge in [-0.2, -0.15) is 0 Å². The van der Waals surface area contributed by atoms with E-state index >= 15 is 0 Å². The highest BCUT2D eigenvalue weighted by Crippen LogP contribution is 2.27. The third-order valence-corrected chi connectivity index (χ3v) is 7.88. The second-order valence-corrected chi connectivity index (χ2v) is 11.0. The summed E-state index contributed by atoms with van der Waals surface area (Å²) in [4.78, 5) is 20.0. The number of phenolic OH excluding ortho intramolecular Hbond substituents is 1. The van der Waals surface area contributed by atoms with Gasteiger partial charge < -0.3 is 20.5 Å². The van der Waals surface area contributed by atoms with Crippen LogP contribution in [0.15, 0.2) is 78.9 Å². The van der Waals surface area contributed by atoms with Crippen LogP contribution in [-0.4, -0.2) is 66.1 Å². The summed E-state index contributed by atoms with van der Waals surface area (Å²) in [6.07, 6.45) is 2.08. The second-order valence-electron chi connectivity index (χ2n) is 11.0. The molecule has 0 aromatic heterocycles. The van der Waals surface area contributed by atoms with Crippen molar-refractivity contribution in [1.82, 2.24) is 9.80 Å². The van der Waals surface area contributed by atoms with E-state index < -0.39 is 0 Å². The van der Waals surface area contributed by atoms with E-state index in [-0.39, 0.29) is 17.8 Å². The van der Waals surface area contributed by atoms with Crippen molar-refractivity contribution in [3.63, 3.8) is 0 Å². The quantitative estimate of drug-likeness (QED) is 0.256. The van der Waals surface area contributed by atoms with Gasteiger partial charge in [-0.15, -0.1) is 0 Å². The summed E-state index contributed by atoms with van der Waals surface area (Å²) in [5.41, 5.74) is 9.46. The molecule has 2 amide bonds. The standard InChI is InChI=1S/C32H39N5O3/c33-31(34)28-7-4-8-29(17-28)37-21-27(23-40-22-26-5-2-1-3-6-26)20-36(32(37)39)19-25-13-15-35(16-14-25)18-24-9-11-30(38)12-10-24/h1-12,17,25,27,38H,13-16,18-23H2,(H3,33,34). The molecular formula is C32H39N5O3. The third-order valence-electron chi connectivity index (χ3n) is 7.88. The van der Waals surface area contributed by atoms with Crippen LogP contribution in [0.4, 0.5) is 10.5 Å². The number of nitrogens with zero attached hydrogens (tertiary/aromatic N) is 3. The number of piperidine rings is 1. The summed E-state index contributed by atoms with van der Waals surface area (Å²) in [6, 6.07) is 25.0. The molecule has 0 spiro atoms. The number of phenols is 1. The van der Waals surface area contributed by atoms with Crippen molar-refractivity contribution < 1.29 is 14.6 Å². The Hall–Kier alpha value is -3.88. The lowest BCUT2D eigenvalue weighted by Crippen LogP contribution is -2.56. The highest BCUT2D eigenvalue weighted by molar-refractivity contribution is 5.98. The molecule has 8 nitrogen and oxygen atoms in total. The first kappa shape index (κ1) is 27.7. The maximum atomic E-state index is 13.7. The smallest absolute Gasteiger partial charge is 0.324 e. The lowest BCUT2D eigenvalue weighted by atomic mass is 9.94. The van der Waals surface area contributed by atoms with E-state index in [1.165, 1.54) is 5.56 Å². The van der Waals surface area contributed by atoms with Crippen molar-refractivity contribution in [3.05, 3.63) is 95.6 Å². The van der Waals surface area contributed by atoms with Crippen molar-refractivity contribution in [3.8, 4) is 5.75 Å². The monoisotopic (exact) mass is 541 g/mol. The summed E-state index contributed by atoms with van der Waals surface area (Å²) in [7, 11) is 0. The highest BCUT2D eigenvalue weighted by atomic mass is 16.5. The molecule has 1 atom stereocenters. The van der Waals surface area contributed by atoms with Crippen LogP contribution in [0.5, 0.6) is 5.75 Å². The number of carbonyl (C=O) groups excluding carboxylic acids is 1. The number of nitrogens with two attached hydrogens (primary N) is 1. The van der Waals surface area contributed by atoms with E-state index in [1.807, 2.05) is 58.3 Å². The Morgan fingerprint density at radius 1 is 0.925 bits per heavy atom. The zero-order valence-electron chi connectivity index (χ0n) is 22.9.